The molecule has 0 bridgehead atoms. The third kappa shape index (κ3) is 2.69. The van der Waals surface area contributed by atoms with Crippen molar-refractivity contribution >= 4 is 11.7 Å². The standard InChI is InChI=1S/C8H6F2N2O4/c9-8(10)7-5(12(15)16)1-4(3-11-7)2-6(13)14/h1,3,8H,2H2,(H,13,14). The van der Waals surface area contributed by atoms with E-state index < -0.39 is 35.1 Å². The number of pyridine rings is 1. The van der Waals surface area contributed by atoms with Crippen LogP contribution in [-0.2, 0) is 11.2 Å². The van der Waals surface area contributed by atoms with Gasteiger partial charge in [0.05, 0.1) is 11.3 Å². The molecule has 0 aliphatic rings. The molecular weight excluding hydrogens is 226 g/mol. The molecule has 1 rings (SSSR count). The Kier molecular flexibility index (Phi) is 3.44. The summed E-state index contributed by atoms with van der Waals surface area (Å²) in [7, 11) is 0. The van der Waals surface area contributed by atoms with Crippen molar-refractivity contribution in [3.05, 3.63) is 33.6 Å². The zero-order valence-corrected chi connectivity index (χ0v) is 7.76. The lowest BCUT2D eigenvalue weighted by Crippen LogP contribution is -2.04. The van der Waals surface area contributed by atoms with Crippen LogP contribution < -0.4 is 0 Å². The van der Waals surface area contributed by atoms with E-state index in [0.29, 0.717) is 0 Å². The lowest BCUT2D eigenvalue weighted by molar-refractivity contribution is -0.386. The van der Waals surface area contributed by atoms with Gasteiger partial charge in [-0.2, -0.15) is 0 Å². The summed E-state index contributed by atoms with van der Waals surface area (Å²) in [6.07, 6.45) is -2.68. The van der Waals surface area contributed by atoms with Gasteiger partial charge in [0, 0.05) is 12.3 Å². The first-order chi connectivity index (χ1) is 7.41. The summed E-state index contributed by atoms with van der Waals surface area (Å²) in [5, 5.41) is 18.9. The number of hydrogen-bond acceptors (Lipinski definition) is 4. The Labute approximate surface area is 87.7 Å². The predicted molar refractivity (Wildman–Crippen MR) is 47.2 cm³/mol. The van der Waals surface area contributed by atoms with Gasteiger partial charge in [0.1, 0.15) is 0 Å². The minimum absolute atomic E-state index is 0.00333. The number of alkyl halides is 2. The summed E-state index contributed by atoms with van der Waals surface area (Å²) >= 11 is 0. The third-order valence-corrected chi connectivity index (χ3v) is 1.71. The second kappa shape index (κ2) is 4.60. The minimum atomic E-state index is -3.07. The maximum absolute atomic E-state index is 12.3. The summed E-state index contributed by atoms with van der Waals surface area (Å²) < 4.78 is 24.6. The second-order valence-corrected chi connectivity index (χ2v) is 2.88. The molecule has 86 valence electrons. The largest absolute Gasteiger partial charge is 0.481 e. The highest BCUT2D eigenvalue weighted by atomic mass is 19.3. The van der Waals surface area contributed by atoms with Gasteiger partial charge in [-0.3, -0.25) is 14.9 Å². The highest BCUT2D eigenvalue weighted by molar-refractivity contribution is 5.70. The fraction of sp³-hybridized carbons (Fsp3) is 0.250. The Morgan fingerprint density at radius 1 is 1.62 bits per heavy atom. The fourth-order valence-corrected chi connectivity index (χ4v) is 1.09. The van der Waals surface area contributed by atoms with Gasteiger partial charge in [-0.15, -0.1) is 0 Å². The van der Waals surface area contributed by atoms with Gasteiger partial charge in [-0.05, 0) is 5.56 Å². The molecule has 0 aromatic carbocycles. The maximum Gasteiger partial charge on any atom is 0.307 e. The van der Waals surface area contributed by atoms with Gasteiger partial charge in [-0.25, -0.2) is 13.8 Å². The topological polar surface area (TPSA) is 93.3 Å². The number of aromatic nitrogens is 1. The molecule has 0 aliphatic heterocycles. The maximum atomic E-state index is 12.3. The highest BCUT2D eigenvalue weighted by Crippen LogP contribution is 2.27. The molecule has 8 heteroatoms. The second-order valence-electron chi connectivity index (χ2n) is 2.88. The smallest absolute Gasteiger partial charge is 0.307 e. The van der Waals surface area contributed by atoms with Crippen LogP contribution in [-0.4, -0.2) is 21.0 Å². The summed E-state index contributed by atoms with van der Waals surface area (Å²) in [4.78, 5) is 23.0. The number of carbonyl (C=O) groups is 1. The highest BCUT2D eigenvalue weighted by Gasteiger charge is 2.24. The van der Waals surface area contributed by atoms with Gasteiger partial charge >= 0.3 is 5.97 Å². The van der Waals surface area contributed by atoms with E-state index in [-0.39, 0.29) is 5.56 Å². The summed E-state index contributed by atoms with van der Waals surface area (Å²) in [6, 6.07) is 0.794. The average molecular weight is 232 g/mol. The van der Waals surface area contributed by atoms with E-state index >= 15 is 0 Å². The van der Waals surface area contributed by atoms with E-state index in [4.69, 9.17) is 5.11 Å². The predicted octanol–water partition coefficient (Wildman–Crippen LogP) is 1.55. The number of halogens is 2. The molecule has 1 heterocycles. The van der Waals surface area contributed by atoms with Crippen molar-refractivity contribution in [2.75, 3.05) is 0 Å². The van der Waals surface area contributed by atoms with Crippen molar-refractivity contribution in [2.45, 2.75) is 12.8 Å². The van der Waals surface area contributed by atoms with Crippen molar-refractivity contribution in [1.82, 2.24) is 4.98 Å². The van der Waals surface area contributed by atoms with Gasteiger partial charge in [-0.1, -0.05) is 0 Å². The first-order valence-electron chi connectivity index (χ1n) is 4.05. The van der Waals surface area contributed by atoms with E-state index in [0.717, 1.165) is 12.3 Å². The van der Waals surface area contributed by atoms with Crippen LogP contribution in [0.3, 0.4) is 0 Å². The van der Waals surface area contributed by atoms with E-state index in [2.05, 4.69) is 4.98 Å². The summed E-state index contributed by atoms with van der Waals surface area (Å²) in [5.41, 5.74) is -1.82. The SMILES string of the molecule is O=C(O)Cc1cnc(C(F)F)c([N+](=O)[O-])c1. The van der Waals surface area contributed by atoms with Crippen molar-refractivity contribution in [3.8, 4) is 0 Å². The molecule has 0 saturated carbocycles. The van der Waals surface area contributed by atoms with Gasteiger partial charge in [0.15, 0.2) is 5.69 Å². The zero-order valence-electron chi connectivity index (χ0n) is 7.76. The molecule has 1 N–H and O–H groups in total. The number of carboxylic acids is 1. The molecule has 1 aromatic rings. The van der Waals surface area contributed by atoms with E-state index in [1.54, 1.807) is 0 Å². The molecular formula is C8H6F2N2O4. The van der Waals surface area contributed by atoms with Crippen LogP contribution in [0, 0.1) is 10.1 Å². The number of nitro groups is 1. The molecule has 0 fully saturated rings. The van der Waals surface area contributed by atoms with Crippen LogP contribution in [0.1, 0.15) is 17.7 Å². The molecule has 6 nitrogen and oxygen atoms in total. The molecule has 0 amide bonds. The Hall–Kier alpha value is -2.12. The number of rotatable bonds is 4. The fourth-order valence-electron chi connectivity index (χ4n) is 1.09. The van der Waals surface area contributed by atoms with Gasteiger partial charge in [0.2, 0.25) is 0 Å². The first-order valence-corrected chi connectivity index (χ1v) is 4.05. The molecule has 0 aliphatic carbocycles. The van der Waals surface area contributed by atoms with Crippen LogP contribution in [0.25, 0.3) is 0 Å². The van der Waals surface area contributed by atoms with Crippen LogP contribution in [0.15, 0.2) is 12.3 Å². The van der Waals surface area contributed by atoms with Gasteiger partial charge in [0.25, 0.3) is 12.1 Å². The van der Waals surface area contributed by atoms with E-state index in [1.165, 1.54) is 0 Å². The summed E-state index contributed by atoms with van der Waals surface area (Å²) in [5.74, 6) is -1.22. The normalized spacial score (nSPS) is 10.4. The van der Waals surface area contributed by atoms with Crippen LogP contribution in [0.4, 0.5) is 14.5 Å². The Balaban J connectivity index is 3.17. The average Bonchev–Trinajstić information content (AvgIpc) is 2.16. The number of carboxylic acid groups (broad SMARTS) is 1. The molecule has 0 unspecified atom stereocenters. The van der Waals surface area contributed by atoms with Crippen molar-refractivity contribution in [2.24, 2.45) is 0 Å². The lowest BCUT2D eigenvalue weighted by atomic mass is 10.1. The van der Waals surface area contributed by atoms with E-state index in [9.17, 15) is 23.7 Å². The number of nitrogens with zero attached hydrogens (tertiary/aromatic N) is 2. The molecule has 0 atom stereocenters. The Bertz CT molecular complexity index is 436. The Morgan fingerprint density at radius 3 is 2.69 bits per heavy atom. The van der Waals surface area contributed by atoms with Crippen LogP contribution in [0.2, 0.25) is 0 Å². The molecule has 0 saturated heterocycles. The zero-order chi connectivity index (χ0) is 12.3. The van der Waals surface area contributed by atoms with Crippen LogP contribution in [0.5, 0.6) is 0 Å². The number of aliphatic carboxylic acids is 1. The molecule has 16 heavy (non-hydrogen) atoms. The van der Waals surface area contributed by atoms with Crippen LogP contribution >= 0.6 is 0 Å². The van der Waals surface area contributed by atoms with Crippen molar-refractivity contribution < 1.29 is 23.6 Å². The molecule has 0 radical (unpaired) electrons. The minimum Gasteiger partial charge on any atom is -0.481 e. The monoisotopic (exact) mass is 232 g/mol. The van der Waals surface area contributed by atoms with Crippen molar-refractivity contribution in [3.63, 3.8) is 0 Å². The Morgan fingerprint density at radius 2 is 2.25 bits per heavy atom. The summed E-state index contributed by atoms with van der Waals surface area (Å²) in [6.45, 7) is 0. The van der Waals surface area contributed by atoms with E-state index in [1.807, 2.05) is 0 Å². The quantitative estimate of drug-likeness (QED) is 0.627. The number of hydrogen-bond donors (Lipinski definition) is 1. The van der Waals surface area contributed by atoms with Crippen molar-refractivity contribution in [1.29, 1.82) is 0 Å². The molecule has 1 aromatic heterocycles. The first kappa shape index (κ1) is 12.0. The van der Waals surface area contributed by atoms with Gasteiger partial charge < -0.3 is 5.11 Å². The lowest BCUT2D eigenvalue weighted by Gasteiger charge is -2.02. The third-order valence-electron chi connectivity index (χ3n) is 1.71. The molecule has 0 spiro atoms.